The van der Waals surface area contributed by atoms with Crippen LogP contribution in [-0.4, -0.2) is 30.0 Å². The summed E-state index contributed by atoms with van der Waals surface area (Å²) in [6.07, 6.45) is 59.5. The summed E-state index contributed by atoms with van der Waals surface area (Å²) in [7, 11) is 0. The first-order valence-corrected chi connectivity index (χ1v) is 25.1. The second-order valence-corrected chi connectivity index (χ2v) is 17.6. The second kappa shape index (κ2) is 50.2. The Morgan fingerprint density at radius 1 is 0.352 bits per heavy atom. The molecule has 318 valence electrons. The first-order valence-electron chi connectivity index (χ1n) is 25.1. The van der Waals surface area contributed by atoms with Crippen LogP contribution in [-0.2, 0) is 4.79 Å². The molecule has 54 heavy (non-hydrogen) atoms. The largest absolute Gasteiger partial charge is 1.00 e. The topological polar surface area (TPSA) is 43.4 Å². The fourth-order valence-electron chi connectivity index (χ4n) is 8.42. The molecule has 0 aliphatic rings. The molecule has 0 bridgehead atoms. The minimum absolute atomic E-state index is 0. The third-order valence-corrected chi connectivity index (χ3v) is 12.2. The molecule has 0 fully saturated rings. The van der Waals surface area contributed by atoms with Gasteiger partial charge in [-0.25, -0.2) is 0 Å². The molecule has 0 rings (SSSR count). The third kappa shape index (κ3) is 47.4. The van der Waals surface area contributed by atoms with Crippen molar-refractivity contribution >= 4 is 5.97 Å². The van der Waals surface area contributed by atoms with Crippen LogP contribution in [0.25, 0.3) is 0 Å². The molecule has 0 amide bonds. The molecule has 4 heteroatoms. The quantitative estimate of drug-likeness (QED) is 0.0456. The molecule has 0 spiro atoms. The molecule has 0 heterocycles. The van der Waals surface area contributed by atoms with Crippen molar-refractivity contribution in [2.75, 3.05) is 13.1 Å². The van der Waals surface area contributed by atoms with Crippen LogP contribution < -0.4 is 56.5 Å². The summed E-state index contributed by atoms with van der Waals surface area (Å²) in [4.78, 5) is 13.8. The monoisotopic (exact) mass is 786 g/mol. The summed E-state index contributed by atoms with van der Waals surface area (Å²) in [6, 6.07) is 0.0928. The van der Waals surface area contributed by atoms with E-state index >= 15 is 0 Å². The Balaban J connectivity index is 0. The average Bonchev–Trinajstić information content (AvgIpc) is 3.14. The van der Waals surface area contributed by atoms with E-state index < -0.39 is 5.97 Å². The number of rotatable bonds is 47. The van der Waals surface area contributed by atoms with Crippen LogP contribution in [0.15, 0.2) is 0 Å². The van der Waals surface area contributed by atoms with Gasteiger partial charge in [0.15, 0.2) is 0 Å². The van der Waals surface area contributed by atoms with E-state index in [1.807, 2.05) is 0 Å². The molecule has 3 nitrogen and oxygen atoms in total. The van der Waals surface area contributed by atoms with E-state index in [0.717, 1.165) is 13.1 Å². The Labute approximate surface area is 384 Å². The minimum atomic E-state index is -0.903. The number of aliphatic carboxylic acids is 1. The van der Waals surface area contributed by atoms with E-state index in [-0.39, 0.29) is 63.8 Å². The van der Waals surface area contributed by atoms with Gasteiger partial charge in [-0.05, 0) is 32.9 Å². The van der Waals surface area contributed by atoms with Gasteiger partial charge in [0.05, 0.1) is 0 Å². The Hall–Kier alpha value is 1.07. The SMILES string of the molecule is CCCCCCCCCCCCCCCCCCCCCCCN(CCCCCCCCCCCCCCCCCCCCCCC)C(C)CC(=O)[O-].[K+]. The van der Waals surface area contributed by atoms with Gasteiger partial charge < -0.3 is 14.8 Å². The maximum absolute atomic E-state index is 11.3. The molecule has 0 aliphatic carbocycles. The number of hydrogen-bond acceptors (Lipinski definition) is 3. The molecule has 0 aromatic rings. The van der Waals surface area contributed by atoms with Crippen molar-refractivity contribution < 1.29 is 61.3 Å². The molecule has 0 aromatic heterocycles. The summed E-state index contributed by atoms with van der Waals surface area (Å²) >= 11 is 0. The number of carbonyl (C=O) groups is 1. The van der Waals surface area contributed by atoms with Crippen molar-refractivity contribution in [1.82, 2.24) is 4.90 Å². The van der Waals surface area contributed by atoms with Crippen molar-refractivity contribution in [1.29, 1.82) is 0 Å². The zero-order valence-corrected chi connectivity index (χ0v) is 41.3. The van der Waals surface area contributed by atoms with E-state index in [4.69, 9.17) is 0 Å². The number of nitrogens with zero attached hydrogens (tertiary/aromatic N) is 1. The smallest absolute Gasteiger partial charge is 0.550 e. The molecule has 0 radical (unpaired) electrons. The number of carbonyl (C=O) groups excluding carboxylic acids is 1. The van der Waals surface area contributed by atoms with Crippen molar-refractivity contribution in [2.45, 2.75) is 303 Å². The normalized spacial score (nSPS) is 12.1. The van der Waals surface area contributed by atoms with Gasteiger partial charge in [0.2, 0.25) is 0 Å². The fourth-order valence-corrected chi connectivity index (χ4v) is 8.42. The van der Waals surface area contributed by atoms with Crippen LogP contribution in [0.5, 0.6) is 0 Å². The predicted molar refractivity (Wildman–Crippen MR) is 236 cm³/mol. The number of carboxylic acid groups (broad SMARTS) is 1. The van der Waals surface area contributed by atoms with Crippen LogP contribution >= 0.6 is 0 Å². The molecule has 0 saturated carbocycles. The molecule has 0 aromatic carbocycles. The predicted octanol–water partition coefficient (Wildman–Crippen LogP) is 13.2. The van der Waals surface area contributed by atoms with E-state index in [9.17, 15) is 9.90 Å². The van der Waals surface area contributed by atoms with E-state index in [0.29, 0.717) is 0 Å². The van der Waals surface area contributed by atoms with Crippen LogP contribution in [0.4, 0.5) is 0 Å². The van der Waals surface area contributed by atoms with Gasteiger partial charge in [-0.1, -0.05) is 271 Å². The molecular weight excluding hydrogens is 686 g/mol. The van der Waals surface area contributed by atoms with Crippen LogP contribution in [0.2, 0.25) is 0 Å². The maximum atomic E-state index is 11.3. The van der Waals surface area contributed by atoms with Crippen LogP contribution in [0.3, 0.4) is 0 Å². The standard InChI is InChI=1S/C50H101NO2.K/c1-4-6-8-10-12-14-16-18-20-22-24-26-28-30-32-34-36-38-40-42-44-46-51(49(3)48-50(52)53)47-45-43-41-39-37-35-33-31-29-27-25-23-21-19-17-15-13-11-9-7-5-2;/h49H,4-48H2,1-3H3,(H,52,53);/q;+1/p-1. The fraction of sp³-hybridized carbons (Fsp3) is 0.980. The van der Waals surface area contributed by atoms with Crippen LogP contribution in [0.1, 0.15) is 297 Å². The zero-order chi connectivity index (χ0) is 38.6. The molecule has 1 unspecified atom stereocenters. The average molecular weight is 786 g/mol. The molecule has 1 atom stereocenters. The van der Waals surface area contributed by atoms with Crippen LogP contribution in [0, 0.1) is 0 Å². The summed E-state index contributed by atoms with van der Waals surface area (Å²) in [5.74, 6) is -0.903. The first-order chi connectivity index (χ1) is 26.1. The van der Waals surface area contributed by atoms with Crippen molar-refractivity contribution in [3.63, 3.8) is 0 Å². The Bertz CT molecular complexity index is 642. The minimum Gasteiger partial charge on any atom is -0.550 e. The van der Waals surface area contributed by atoms with Crippen molar-refractivity contribution in [2.24, 2.45) is 0 Å². The summed E-state index contributed by atoms with van der Waals surface area (Å²) in [6.45, 7) is 8.78. The Kier molecular flexibility index (Phi) is 53.1. The first kappa shape index (κ1) is 57.2. The van der Waals surface area contributed by atoms with Gasteiger partial charge in [-0.2, -0.15) is 0 Å². The van der Waals surface area contributed by atoms with Gasteiger partial charge in [-0.15, -0.1) is 0 Å². The van der Waals surface area contributed by atoms with E-state index in [1.54, 1.807) is 0 Å². The number of hydrogen-bond donors (Lipinski definition) is 0. The van der Waals surface area contributed by atoms with Gasteiger partial charge in [0.1, 0.15) is 0 Å². The van der Waals surface area contributed by atoms with Gasteiger partial charge >= 0.3 is 51.4 Å². The number of carboxylic acids is 1. The van der Waals surface area contributed by atoms with Gasteiger partial charge in [0.25, 0.3) is 0 Å². The summed E-state index contributed by atoms with van der Waals surface area (Å²) < 4.78 is 0. The maximum Gasteiger partial charge on any atom is 1.00 e. The second-order valence-electron chi connectivity index (χ2n) is 17.6. The van der Waals surface area contributed by atoms with Crippen molar-refractivity contribution in [3.8, 4) is 0 Å². The van der Waals surface area contributed by atoms with E-state index in [1.165, 1.54) is 270 Å². The third-order valence-electron chi connectivity index (χ3n) is 12.2. The van der Waals surface area contributed by atoms with E-state index in [2.05, 4.69) is 25.7 Å². The zero-order valence-electron chi connectivity index (χ0n) is 38.2. The number of unbranched alkanes of at least 4 members (excludes halogenated alkanes) is 40. The summed E-state index contributed by atoms with van der Waals surface area (Å²) in [5, 5.41) is 11.3. The molecular formula is C50H100KNO2. The van der Waals surface area contributed by atoms with Crippen molar-refractivity contribution in [3.05, 3.63) is 0 Å². The van der Waals surface area contributed by atoms with Gasteiger partial charge in [0, 0.05) is 18.4 Å². The summed E-state index contributed by atoms with van der Waals surface area (Å²) in [5.41, 5.74) is 0. The Morgan fingerprint density at radius 3 is 0.685 bits per heavy atom. The molecule has 0 saturated heterocycles. The Morgan fingerprint density at radius 2 is 0.519 bits per heavy atom. The molecule has 0 aliphatic heterocycles. The molecule has 0 N–H and O–H groups in total. The van der Waals surface area contributed by atoms with Gasteiger partial charge in [-0.3, -0.25) is 0 Å².